The third-order valence-electron chi connectivity index (χ3n) is 2.90. The van der Waals surface area contributed by atoms with Gasteiger partial charge in [0.05, 0.1) is 0 Å². The maximum absolute atomic E-state index is 12.2. The molecule has 0 saturated carbocycles. The van der Waals surface area contributed by atoms with Crippen molar-refractivity contribution in [3.8, 4) is 5.75 Å². The van der Waals surface area contributed by atoms with Crippen molar-refractivity contribution in [1.82, 2.24) is 4.72 Å². The molecule has 0 spiro atoms. The first-order valence-electron chi connectivity index (χ1n) is 6.33. The number of benzene rings is 2. The lowest BCUT2D eigenvalue weighted by Crippen LogP contribution is -2.34. The lowest BCUT2D eigenvalue weighted by Gasteiger charge is -2.15. The Morgan fingerprint density at radius 3 is 2.30 bits per heavy atom. The summed E-state index contributed by atoms with van der Waals surface area (Å²) in [5, 5.41) is 9.63. The van der Waals surface area contributed by atoms with Gasteiger partial charge >= 0.3 is 0 Å². The average Bonchev–Trinajstić information content (AvgIpc) is 2.39. The minimum Gasteiger partial charge on any atom is -0.507 e. The fourth-order valence-corrected chi connectivity index (χ4v) is 3.36. The van der Waals surface area contributed by atoms with Crippen molar-refractivity contribution in [2.45, 2.75) is 24.3 Å². The monoisotopic (exact) mass is 291 g/mol. The van der Waals surface area contributed by atoms with Crippen LogP contribution in [0.2, 0.25) is 0 Å². The van der Waals surface area contributed by atoms with E-state index in [4.69, 9.17) is 0 Å². The molecule has 0 radical (unpaired) electrons. The van der Waals surface area contributed by atoms with Crippen molar-refractivity contribution in [3.05, 3.63) is 60.2 Å². The Hall–Kier alpha value is -1.85. The summed E-state index contributed by atoms with van der Waals surface area (Å²) >= 11 is 0. The number of phenolic OH excluding ortho intramolecular Hbond substituents is 1. The first kappa shape index (κ1) is 14.6. The highest BCUT2D eigenvalue weighted by molar-refractivity contribution is 7.89. The Kier molecular flexibility index (Phi) is 4.42. The van der Waals surface area contributed by atoms with Crippen molar-refractivity contribution < 1.29 is 13.5 Å². The summed E-state index contributed by atoms with van der Waals surface area (Å²) in [5.74, 6) is -0.244. The van der Waals surface area contributed by atoms with Crippen LogP contribution in [0.4, 0.5) is 0 Å². The third-order valence-corrected chi connectivity index (χ3v) is 4.53. The van der Waals surface area contributed by atoms with Gasteiger partial charge in [0.15, 0.2) is 0 Å². The molecule has 0 aliphatic heterocycles. The zero-order valence-electron chi connectivity index (χ0n) is 11.2. The Morgan fingerprint density at radius 1 is 1.05 bits per heavy atom. The smallest absolute Gasteiger partial charge is 0.244 e. The minimum absolute atomic E-state index is 0.0973. The molecule has 2 N–H and O–H groups in total. The summed E-state index contributed by atoms with van der Waals surface area (Å²) < 4.78 is 26.9. The van der Waals surface area contributed by atoms with Gasteiger partial charge in [-0.3, -0.25) is 0 Å². The summed E-state index contributed by atoms with van der Waals surface area (Å²) in [6.07, 6.45) is 0.591. The molecule has 0 bridgehead atoms. The van der Waals surface area contributed by atoms with Crippen molar-refractivity contribution in [1.29, 1.82) is 0 Å². The zero-order valence-corrected chi connectivity index (χ0v) is 12.0. The topological polar surface area (TPSA) is 66.4 Å². The fraction of sp³-hybridized carbons (Fsp3) is 0.200. The Labute approximate surface area is 119 Å². The van der Waals surface area contributed by atoms with Gasteiger partial charge in [-0.1, -0.05) is 42.5 Å². The van der Waals surface area contributed by atoms with Crippen LogP contribution in [0.3, 0.4) is 0 Å². The van der Waals surface area contributed by atoms with Gasteiger partial charge in [0, 0.05) is 6.04 Å². The van der Waals surface area contributed by atoms with E-state index < -0.39 is 10.0 Å². The molecule has 0 fully saturated rings. The largest absolute Gasteiger partial charge is 0.507 e. The SMILES string of the molecule is CC(Cc1ccccc1)NS(=O)(=O)c1ccccc1O. The predicted molar refractivity (Wildman–Crippen MR) is 78.0 cm³/mol. The standard InChI is InChI=1S/C15H17NO3S/c1-12(11-13-7-3-2-4-8-13)16-20(18,19)15-10-6-5-9-14(15)17/h2-10,12,16-17H,11H2,1H3. The molecule has 2 aromatic carbocycles. The van der Waals surface area contributed by atoms with Crippen molar-refractivity contribution in [2.24, 2.45) is 0 Å². The van der Waals surface area contributed by atoms with Crippen LogP contribution in [0, 0.1) is 0 Å². The van der Waals surface area contributed by atoms with Crippen LogP contribution < -0.4 is 4.72 Å². The van der Waals surface area contributed by atoms with Crippen LogP contribution in [-0.2, 0) is 16.4 Å². The number of rotatable bonds is 5. The van der Waals surface area contributed by atoms with E-state index in [2.05, 4.69) is 4.72 Å². The van der Waals surface area contributed by atoms with Crippen LogP contribution in [0.15, 0.2) is 59.5 Å². The lowest BCUT2D eigenvalue weighted by atomic mass is 10.1. The van der Waals surface area contributed by atoms with E-state index in [-0.39, 0.29) is 16.7 Å². The van der Waals surface area contributed by atoms with Gasteiger partial charge in [0.1, 0.15) is 10.6 Å². The molecule has 0 amide bonds. The van der Waals surface area contributed by atoms with E-state index in [1.807, 2.05) is 30.3 Å². The van der Waals surface area contributed by atoms with Crippen LogP contribution in [-0.4, -0.2) is 19.6 Å². The van der Waals surface area contributed by atoms with Gasteiger partial charge in [-0.05, 0) is 31.0 Å². The number of aromatic hydroxyl groups is 1. The molecule has 0 saturated heterocycles. The number of hydrogen-bond acceptors (Lipinski definition) is 3. The number of phenols is 1. The van der Waals surface area contributed by atoms with E-state index in [1.54, 1.807) is 19.1 Å². The maximum Gasteiger partial charge on any atom is 0.244 e. The summed E-state index contributed by atoms with van der Waals surface area (Å²) in [5.41, 5.74) is 1.06. The Balaban J connectivity index is 2.11. The number of nitrogens with one attached hydrogen (secondary N) is 1. The van der Waals surface area contributed by atoms with Crippen molar-refractivity contribution in [2.75, 3.05) is 0 Å². The highest BCUT2D eigenvalue weighted by Crippen LogP contribution is 2.21. The van der Waals surface area contributed by atoms with Gasteiger partial charge in [-0.2, -0.15) is 0 Å². The lowest BCUT2D eigenvalue weighted by molar-refractivity contribution is 0.457. The summed E-state index contributed by atoms with van der Waals surface area (Å²) in [6, 6.07) is 15.3. The molecule has 0 aliphatic rings. The molecule has 0 aliphatic carbocycles. The third kappa shape index (κ3) is 3.59. The summed E-state index contributed by atoms with van der Waals surface area (Å²) in [6.45, 7) is 1.80. The second-order valence-corrected chi connectivity index (χ2v) is 6.36. The first-order chi connectivity index (χ1) is 9.49. The fourth-order valence-electron chi connectivity index (χ4n) is 2.02. The Morgan fingerprint density at radius 2 is 1.65 bits per heavy atom. The van der Waals surface area contributed by atoms with E-state index in [1.165, 1.54) is 12.1 Å². The zero-order chi connectivity index (χ0) is 14.6. The van der Waals surface area contributed by atoms with Crippen LogP contribution in [0.1, 0.15) is 12.5 Å². The molecule has 1 atom stereocenters. The maximum atomic E-state index is 12.2. The molecule has 1 unspecified atom stereocenters. The molecule has 4 nitrogen and oxygen atoms in total. The first-order valence-corrected chi connectivity index (χ1v) is 7.81. The van der Waals surface area contributed by atoms with Gasteiger partial charge in [-0.25, -0.2) is 13.1 Å². The van der Waals surface area contributed by atoms with Crippen LogP contribution in [0.25, 0.3) is 0 Å². The summed E-state index contributed by atoms with van der Waals surface area (Å²) in [4.78, 5) is -0.0973. The Bertz CT molecular complexity index is 669. The normalized spacial score (nSPS) is 13.1. The second-order valence-electron chi connectivity index (χ2n) is 4.68. The van der Waals surface area contributed by atoms with Crippen LogP contribution >= 0.6 is 0 Å². The van der Waals surface area contributed by atoms with Gasteiger partial charge in [0.2, 0.25) is 10.0 Å². The second kappa shape index (κ2) is 6.07. The average molecular weight is 291 g/mol. The molecular weight excluding hydrogens is 274 g/mol. The highest BCUT2D eigenvalue weighted by atomic mass is 32.2. The van der Waals surface area contributed by atoms with Crippen molar-refractivity contribution >= 4 is 10.0 Å². The molecule has 2 aromatic rings. The van der Waals surface area contributed by atoms with Crippen molar-refractivity contribution in [3.63, 3.8) is 0 Å². The summed E-state index contributed by atoms with van der Waals surface area (Å²) in [7, 11) is -3.71. The van der Waals surface area contributed by atoms with E-state index >= 15 is 0 Å². The van der Waals surface area contributed by atoms with Gasteiger partial charge in [0.25, 0.3) is 0 Å². The van der Waals surface area contributed by atoms with Crippen LogP contribution in [0.5, 0.6) is 5.75 Å². The number of hydrogen-bond donors (Lipinski definition) is 2. The molecule has 0 heterocycles. The van der Waals surface area contributed by atoms with E-state index in [0.717, 1.165) is 5.56 Å². The molecule has 5 heteroatoms. The number of para-hydroxylation sites is 1. The molecule has 2 rings (SSSR count). The van der Waals surface area contributed by atoms with Gasteiger partial charge < -0.3 is 5.11 Å². The molecule has 20 heavy (non-hydrogen) atoms. The quantitative estimate of drug-likeness (QED) is 0.888. The minimum atomic E-state index is -3.71. The van der Waals surface area contributed by atoms with Gasteiger partial charge in [-0.15, -0.1) is 0 Å². The predicted octanol–water partition coefficient (Wildman–Crippen LogP) is 2.30. The molecular formula is C15H17NO3S. The molecule has 106 valence electrons. The van der Waals surface area contributed by atoms with E-state index in [0.29, 0.717) is 6.42 Å². The number of sulfonamides is 1. The molecule has 0 aromatic heterocycles. The van der Waals surface area contributed by atoms with E-state index in [9.17, 15) is 13.5 Å². The highest BCUT2D eigenvalue weighted by Gasteiger charge is 2.20.